The summed E-state index contributed by atoms with van der Waals surface area (Å²) < 4.78 is 5.03. The number of benzene rings is 1. The monoisotopic (exact) mass is 208 g/mol. The minimum absolute atomic E-state index is 0.157. The molecule has 0 spiro atoms. The molecule has 0 aliphatic carbocycles. The summed E-state index contributed by atoms with van der Waals surface area (Å²) in [6.45, 7) is 3.72. The van der Waals surface area contributed by atoms with Gasteiger partial charge in [-0.25, -0.2) is 4.79 Å². The number of hydrogen-bond acceptors (Lipinski definition) is 3. The van der Waals surface area contributed by atoms with Gasteiger partial charge in [-0.1, -0.05) is 37.3 Å². The smallest absolute Gasteiger partial charge is 0.339 e. The van der Waals surface area contributed by atoms with E-state index in [1.165, 1.54) is 0 Å². The lowest BCUT2D eigenvalue weighted by molar-refractivity contribution is -0.158. The lowest BCUT2D eigenvalue weighted by Crippen LogP contribution is -2.20. The first-order valence-corrected chi connectivity index (χ1v) is 5.08. The van der Waals surface area contributed by atoms with Crippen molar-refractivity contribution >= 4 is 5.97 Å². The van der Waals surface area contributed by atoms with Crippen molar-refractivity contribution in [2.24, 2.45) is 0 Å². The van der Waals surface area contributed by atoms with Crippen molar-refractivity contribution in [2.75, 3.05) is 0 Å². The normalized spacial score (nSPS) is 14.3. The Morgan fingerprint density at radius 2 is 2.00 bits per heavy atom. The van der Waals surface area contributed by atoms with E-state index in [1.54, 1.807) is 31.2 Å². The Labute approximate surface area is 89.7 Å². The number of rotatable bonds is 4. The first-order valence-electron chi connectivity index (χ1n) is 5.08. The minimum atomic E-state index is -1.18. The van der Waals surface area contributed by atoms with E-state index < -0.39 is 12.1 Å². The van der Waals surface area contributed by atoms with E-state index in [4.69, 9.17) is 4.74 Å². The van der Waals surface area contributed by atoms with Gasteiger partial charge < -0.3 is 9.84 Å². The lowest BCUT2D eigenvalue weighted by Gasteiger charge is -2.14. The number of carbonyl (C=O) groups excluding carboxylic acids is 1. The molecule has 82 valence electrons. The molecule has 3 nitrogen and oxygen atoms in total. The van der Waals surface area contributed by atoms with Crippen LogP contribution in [0.5, 0.6) is 0 Å². The molecule has 0 fully saturated rings. The Bertz CT molecular complexity index is 308. The van der Waals surface area contributed by atoms with Crippen LogP contribution in [-0.4, -0.2) is 17.2 Å². The van der Waals surface area contributed by atoms with Crippen LogP contribution in [0.3, 0.4) is 0 Å². The first-order chi connectivity index (χ1) is 7.15. The van der Waals surface area contributed by atoms with E-state index in [0.29, 0.717) is 5.56 Å². The van der Waals surface area contributed by atoms with Gasteiger partial charge in [-0.2, -0.15) is 0 Å². The zero-order chi connectivity index (χ0) is 11.3. The van der Waals surface area contributed by atoms with Crippen molar-refractivity contribution in [1.29, 1.82) is 0 Å². The van der Waals surface area contributed by atoms with Gasteiger partial charge in [0.25, 0.3) is 0 Å². The fourth-order valence-electron chi connectivity index (χ4n) is 1.12. The van der Waals surface area contributed by atoms with Gasteiger partial charge in [0.05, 0.1) is 6.10 Å². The summed E-state index contributed by atoms with van der Waals surface area (Å²) >= 11 is 0. The second kappa shape index (κ2) is 5.51. The maximum atomic E-state index is 11.4. The molecular formula is C12H16O3. The number of hydrogen-bond donors (Lipinski definition) is 1. The summed E-state index contributed by atoms with van der Waals surface area (Å²) in [5, 5.41) is 9.66. The van der Waals surface area contributed by atoms with Crippen molar-refractivity contribution in [3.8, 4) is 0 Å². The van der Waals surface area contributed by atoms with Crippen LogP contribution in [0.15, 0.2) is 30.3 Å². The molecule has 0 unspecified atom stereocenters. The summed E-state index contributed by atoms with van der Waals surface area (Å²) in [4.78, 5) is 11.4. The zero-order valence-corrected chi connectivity index (χ0v) is 9.01. The highest BCUT2D eigenvalue weighted by atomic mass is 16.6. The average Bonchev–Trinajstić information content (AvgIpc) is 2.29. The Hall–Kier alpha value is -1.35. The molecule has 0 radical (unpaired) electrons. The molecule has 0 aliphatic heterocycles. The third-order valence-electron chi connectivity index (χ3n) is 2.23. The van der Waals surface area contributed by atoms with Gasteiger partial charge in [-0.05, 0) is 18.9 Å². The molecule has 0 bridgehead atoms. The maximum Gasteiger partial charge on any atom is 0.339 e. The van der Waals surface area contributed by atoms with Crippen LogP contribution < -0.4 is 0 Å². The highest BCUT2D eigenvalue weighted by Gasteiger charge is 2.20. The standard InChI is InChI=1S/C12H16O3/c1-3-9(2)15-12(14)11(13)10-7-5-4-6-8-10/h4-9,11,13H,3H2,1-2H3/t9-,11+/m1/s1. The molecule has 1 N–H and O–H groups in total. The first kappa shape index (κ1) is 11.7. The van der Waals surface area contributed by atoms with Crippen molar-refractivity contribution in [1.82, 2.24) is 0 Å². The van der Waals surface area contributed by atoms with Crippen LogP contribution in [0.4, 0.5) is 0 Å². The molecule has 0 heterocycles. The quantitative estimate of drug-likeness (QED) is 0.770. The Morgan fingerprint density at radius 1 is 1.40 bits per heavy atom. The molecule has 0 aromatic heterocycles. The van der Waals surface area contributed by atoms with E-state index in [1.807, 2.05) is 13.0 Å². The van der Waals surface area contributed by atoms with E-state index in [-0.39, 0.29) is 6.10 Å². The van der Waals surface area contributed by atoms with E-state index in [2.05, 4.69) is 0 Å². The van der Waals surface area contributed by atoms with Crippen LogP contribution in [0.1, 0.15) is 31.9 Å². The molecule has 15 heavy (non-hydrogen) atoms. The molecule has 1 aromatic carbocycles. The van der Waals surface area contributed by atoms with Gasteiger partial charge in [0.1, 0.15) is 0 Å². The maximum absolute atomic E-state index is 11.4. The number of carbonyl (C=O) groups is 1. The summed E-state index contributed by atoms with van der Waals surface area (Å²) in [5.41, 5.74) is 0.561. The summed E-state index contributed by atoms with van der Waals surface area (Å²) in [5.74, 6) is -0.587. The molecule has 3 heteroatoms. The van der Waals surface area contributed by atoms with Gasteiger partial charge in [-0.15, -0.1) is 0 Å². The van der Waals surface area contributed by atoms with Gasteiger partial charge in [0.15, 0.2) is 6.10 Å². The fraction of sp³-hybridized carbons (Fsp3) is 0.417. The zero-order valence-electron chi connectivity index (χ0n) is 9.01. The minimum Gasteiger partial charge on any atom is -0.461 e. The number of aliphatic hydroxyl groups is 1. The number of aliphatic hydroxyl groups excluding tert-OH is 1. The topological polar surface area (TPSA) is 46.5 Å². The Morgan fingerprint density at radius 3 is 2.53 bits per heavy atom. The number of ether oxygens (including phenoxy) is 1. The van der Waals surface area contributed by atoms with Crippen LogP contribution in [0, 0.1) is 0 Å². The SMILES string of the molecule is CC[C@@H](C)OC(=O)[C@@H](O)c1ccccc1. The fourth-order valence-corrected chi connectivity index (χ4v) is 1.12. The largest absolute Gasteiger partial charge is 0.461 e. The molecule has 0 saturated heterocycles. The number of esters is 1. The van der Waals surface area contributed by atoms with Crippen LogP contribution in [-0.2, 0) is 9.53 Å². The van der Waals surface area contributed by atoms with Crippen LogP contribution >= 0.6 is 0 Å². The van der Waals surface area contributed by atoms with Crippen molar-refractivity contribution < 1.29 is 14.6 Å². The van der Waals surface area contributed by atoms with Crippen molar-refractivity contribution in [3.05, 3.63) is 35.9 Å². The molecule has 0 amide bonds. The average molecular weight is 208 g/mol. The van der Waals surface area contributed by atoms with Crippen molar-refractivity contribution in [2.45, 2.75) is 32.5 Å². The third kappa shape index (κ3) is 3.36. The highest BCUT2D eigenvalue weighted by Crippen LogP contribution is 2.14. The molecular weight excluding hydrogens is 192 g/mol. The highest BCUT2D eigenvalue weighted by molar-refractivity contribution is 5.76. The molecule has 0 aliphatic rings. The van der Waals surface area contributed by atoms with Gasteiger partial charge >= 0.3 is 5.97 Å². The molecule has 0 saturated carbocycles. The summed E-state index contributed by atoms with van der Waals surface area (Å²) in [6, 6.07) is 8.77. The Balaban J connectivity index is 2.61. The second-order valence-corrected chi connectivity index (χ2v) is 3.47. The molecule has 2 atom stereocenters. The summed E-state index contributed by atoms with van der Waals surface area (Å²) in [7, 11) is 0. The van der Waals surface area contributed by atoms with Gasteiger partial charge in [-0.3, -0.25) is 0 Å². The summed E-state index contributed by atoms with van der Waals surface area (Å²) in [6.07, 6.45) is -0.594. The Kier molecular flexibility index (Phi) is 4.31. The van der Waals surface area contributed by atoms with Crippen LogP contribution in [0.25, 0.3) is 0 Å². The lowest BCUT2D eigenvalue weighted by atomic mass is 10.1. The van der Waals surface area contributed by atoms with E-state index in [9.17, 15) is 9.90 Å². The predicted molar refractivity (Wildman–Crippen MR) is 57.2 cm³/mol. The predicted octanol–water partition coefficient (Wildman–Crippen LogP) is 2.06. The molecule has 1 aromatic rings. The third-order valence-corrected chi connectivity index (χ3v) is 2.23. The van der Waals surface area contributed by atoms with Crippen molar-refractivity contribution in [3.63, 3.8) is 0 Å². The molecule has 1 rings (SSSR count). The van der Waals surface area contributed by atoms with Crippen LogP contribution in [0.2, 0.25) is 0 Å². The van der Waals surface area contributed by atoms with Gasteiger partial charge in [0.2, 0.25) is 0 Å². The van der Waals surface area contributed by atoms with E-state index >= 15 is 0 Å². The van der Waals surface area contributed by atoms with Gasteiger partial charge in [0, 0.05) is 0 Å². The second-order valence-electron chi connectivity index (χ2n) is 3.47. The van der Waals surface area contributed by atoms with E-state index in [0.717, 1.165) is 6.42 Å².